The first-order valence-corrected chi connectivity index (χ1v) is 14.5. The van der Waals surface area contributed by atoms with E-state index in [1.165, 1.54) is 63.4 Å². The minimum atomic E-state index is -0.107. The predicted octanol–water partition coefficient (Wildman–Crippen LogP) is 8.60. The minimum Gasteiger partial charge on any atom is -0.462 e. The third kappa shape index (κ3) is 3.08. The number of esters is 1. The normalized spacial score (nSPS) is 53.6. The number of hydrogen-bond donors (Lipinski definition) is 0. The van der Waals surface area contributed by atoms with Gasteiger partial charge in [-0.3, -0.25) is 4.79 Å². The molecule has 1 unspecified atom stereocenters. The minimum absolute atomic E-state index is 0.0550. The fourth-order valence-electron chi connectivity index (χ4n) is 11.9. The second-order valence-corrected chi connectivity index (χ2v) is 15.3. The molecule has 0 spiro atoms. The van der Waals surface area contributed by atoms with Gasteiger partial charge in [-0.1, -0.05) is 53.7 Å². The Bertz CT molecular complexity index is 872. The van der Waals surface area contributed by atoms with Gasteiger partial charge in [0.05, 0.1) is 0 Å². The molecule has 5 aliphatic carbocycles. The van der Waals surface area contributed by atoms with E-state index in [1.807, 2.05) is 0 Å². The zero-order valence-electron chi connectivity index (χ0n) is 23.6. The van der Waals surface area contributed by atoms with Crippen LogP contribution in [0.2, 0.25) is 0 Å². The summed E-state index contributed by atoms with van der Waals surface area (Å²) in [5.41, 5.74) is 3.23. The number of hydrogen-bond acceptors (Lipinski definition) is 2. The number of allylic oxidation sites excluding steroid dienone is 1. The molecule has 5 aliphatic rings. The Balaban J connectivity index is 1.50. The molecule has 0 amide bonds. The summed E-state index contributed by atoms with van der Waals surface area (Å²) in [6.07, 6.45) is 13.4. The zero-order chi connectivity index (χ0) is 24.9. The lowest BCUT2D eigenvalue weighted by molar-refractivity contribution is -0.248. The number of ether oxygens (including phenoxy) is 1. The molecule has 0 aromatic rings. The lowest BCUT2D eigenvalue weighted by Gasteiger charge is -2.73. The van der Waals surface area contributed by atoms with Crippen molar-refractivity contribution in [1.82, 2.24) is 0 Å². The van der Waals surface area contributed by atoms with Gasteiger partial charge >= 0.3 is 5.97 Å². The monoisotopic (exact) mass is 468 g/mol. The van der Waals surface area contributed by atoms with Crippen LogP contribution in [-0.2, 0) is 9.53 Å². The van der Waals surface area contributed by atoms with E-state index in [9.17, 15) is 4.79 Å². The van der Waals surface area contributed by atoms with Crippen LogP contribution >= 0.6 is 0 Å². The number of rotatable bonds is 2. The molecule has 5 fully saturated rings. The van der Waals surface area contributed by atoms with Crippen molar-refractivity contribution < 1.29 is 9.53 Å². The highest BCUT2D eigenvalue weighted by atomic mass is 16.5. The molecule has 0 aromatic carbocycles. The molecular formula is C32H52O2. The van der Waals surface area contributed by atoms with Crippen LogP contribution in [0.5, 0.6) is 0 Å². The Morgan fingerprint density at radius 1 is 0.765 bits per heavy atom. The van der Waals surface area contributed by atoms with Crippen molar-refractivity contribution in [2.75, 3.05) is 0 Å². The summed E-state index contributed by atoms with van der Waals surface area (Å²) in [6, 6.07) is 0. The van der Waals surface area contributed by atoms with Crippen molar-refractivity contribution in [1.29, 1.82) is 0 Å². The van der Waals surface area contributed by atoms with Gasteiger partial charge in [-0.15, -0.1) is 0 Å². The van der Waals surface area contributed by atoms with Gasteiger partial charge in [-0.25, -0.2) is 0 Å². The van der Waals surface area contributed by atoms with Gasteiger partial charge < -0.3 is 4.74 Å². The first-order valence-electron chi connectivity index (χ1n) is 14.5. The first kappa shape index (κ1) is 24.9. The molecule has 2 nitrogen and oxygen atoms in total. The summed E-state index contributed by atoms with van der Waals surface area (Å²) in [5, 5.41) is 0. The quantitative estimate of drug-likeness (QED) is 0.299. The number of fused-ring (bicyclic) bond motifs is 7. The van der Waals surface area contributed by atoms with E-state index in [2.05, 4.69) is 55.0 Å². The lowest BCUT2D eigenvalue weighted by Crippen LogP contribution is -2.66. The van der Waals surface area contributed by atoms with E-state index in [4.69, 9.17) is 4.74 Å². The second-order valence-electron chi connectivity index (χ2n) is 15.3. The molecule has 2 heteroatoms. The average molecular weight is 469 g/mol. The number of carbonyl (C=O) groups is 1. The molecule has 0 aromatic heterocycles. The van der Waals surface area contributed by atoms with E-state index >= 15 is 0 Å². The lowest BCUT2D eigenvalue weighted by atomic mass is 9.32. The van der Waals surface area contributed by atoms with Gasteiger partial charge in [-0.05, 0) is 122 Å². The van der Waals surface area contributed by atoms with Gasteiger partial charge in [0.1, 0.15) is 6.10 Å². The van der Waals surface area contributed by atoms with Crippen LogP contribution in [0, 0.1) is 56.7 Å². The van der Waals surface area contributed by atoms with Gasteiger partial charge in [0.2, 0.25) is 0 Å². The van der Waals surface area contributed by atoms with E-state index in [1.54, 1.807) is 6.92 Å². The van der Waals surface area contributed by atoms with Crippen molar-refractivity contribution in [2.24, 2.45) is 56.7 Å². The van der Waals surface area contributed by atoms with Crippen molar-refractivity contribution >= 4 is 5.97 Å². The van der Waals surface area contributed by atoms with Gasteiger partial charge in [-0.2, -0.15) is 0 Å². The molecule has 0 heterocycles. The highest BCUT2D eigenvalue weighted by Crippen LogP contribution is 2.77. The maximum Gasteiger partial charge on any atom is 0.302 e. The molecule has 0 aliphatic heterocycles. The van der Waals surface area contributed by atoms with Crippen molar-refractivity contribution in [2.45, 2.75) is 126 Å². The Kier molecular flexibility index (Phi) is 5.57. The van der Waals surface area contributed by atoms with Crippen LogP contribution in [0.25, 0.3) is 0 Å². The summed E-state index contributed by atoms with van der Waals surface area (Å²) >= 11 is 0. The smallest absolute Gasteiger partial charge is 0.302 e. The maximum absolute atomic E-state index is 11.9. The molecule has 0 saturated heterocycles. The van der Waals surface area contributed by atoms with E-state index in [-0.39, 0.29) is 17.5 Å². The van der Waals surface area contributed by atoms with Crippen LogP contribution in [0.15, 0.2) is 12.2 Å². The van der Waals surface area contributed by atoms with Gasteiger partial charge in [0, 0.05) is 12.3 Å². The molecule has 5 saturated carbocycles. The summed E-state index contributed by atoms with van der Waals surface area (Å²) in [6.45, 7) is 23.9. The van der Waals surface area contributed by atoms with Crippen LogP contribution in [-0.4, -0.2) is 12.1 Å². The third-order valence-electron chi connectivity index (χ3n) is 13.7. The van der Waals surface area contributed by atoms with E-state index in [0.717, 1.165) is 30.1 Å². The molecule has 0 N–H and O–H groups in total. The molecule has 0 bridgehead atoms. The van der Waals surface area contributed by atoms with Gasteiger partial charge in [0.15, 0.2) is 0 Å². The van der Waals surface area contributed by atoms with Gasteiger partial charge in [0.25, 0.3) is 0 Å². The Morgan fingerprint density at radius 3 is 2.12 bits per heavy atom. The van der Waals surface area contributed by atoms with Crippen molar-refractivity contribution in [3.63, 3.8) is 0 Å². The highest BCUT2D eigenvalue weighted by molar-refractivity contribution is 5.66. The summed E-state index contributed by atoms with van der Waals surface area (Å²) in [7, 11) is 0. The first-order chi connectivity index (χ1) is 15.7. The summed E-state index contributed by atoms with van der Waals surface area (Å²) in [4.78, 5) is 11.9. The average Bonchev–Trinajstić information content (AvgIpc) is 3.08. The van der Waals surface area contributed by atoms with Crippen molar-refractivity contribution in [3.8, 4) is 0 Å². The molecule has 5 rings (SSSR count). The second kappa shape index (κ2) is 7.61. The Morgan fingerprint density at radius 2 is 1.47 bits per heavy atom. The van der Waals surface area contributed by atoms with Crippen LogP contribution in [0.4, 0.5) is 0 Å². The fourth-order valence-corrected chi connectivity index (χ4v) is 11.9. The Labute approximate surface area is 210 Å². The molecular weight excluding hydrogens is 416 g/mol. The highest BCUT2D eigenvalue weighted by Gasteiger charge is 2.70. The number of carbonyl (C=O) groups excluding carboxylic acids is 1. The molecule has 192 valence electrons. The summed E-state index contributed by atoms with van der Waals surface area (Å²) in [5.74, 6) is 3.74. The van der Waals surface area contributed by atoms with Crippen LogP contribution in [0.3, 0.4) is 0 Å². The topological polar surface area (TPSA) is 26.3 Å². The Hall–Kier alpha value is -0.790. The molecule has 0 radical (unpaired) electrons. The third-order valence-corrected chi connectivity index (χ3v) is 13.7. The van der Waals surface area contributed by atoms with Crippen LogP contribution < -0.4 is 0 Å². The zero-order valence-corrected chi connectivity index (χ0v) is 23.6. The van der Waals surface area contributed by atoms with Crippen LogP contribution in [0.1, 0.15) is 120 Å². The summed E-state index contributed by atoms with van der Waals surface area (Å²) < 4.78 is 5.91. The van der Waals surface area contributed by atoms with E-state index in [0.29, 0.717) is 27.6 Å². The largest absolute Gasteiger partial charge is 0.462 e. The SMILES string of the molecule is C=C(C)[C@@H]1CC[C@]2(C)CC[C@]3(C)[C@H](CC[C@@H]4[C@@]5(C)CC[C@H](OC(C)=O)C(C)(C)[C@@H]5CC[C@]43C)C12. The van der Waals surface area contributed by atoms with Crippen molar-refractivity contribution in [3.05, 3.63) is 12.2 Å². The fraction of sp³-hybridized carbons (Fsp3) is 0.906. The van der Waals surface area contributed by atoms with E-state index < -0.39 is 0 Å². The predicted molar refractivity (Wildman–Crippen MR) is 140 cm³/mol. The standard InChI is InChI=1S/C32H52O2/c1-20(2)22-12-15-29(6)18-19-31(8)23(27(22)29)10-11-25-30(7)16-14-26(34-21(3)33)28(4,5)24(30)13-17-32(25,31)9/h22-27H,1,10-19H2,2-9H3/t22-,23+,24-,25+,26-,27?,29+,30-,31+,32+/m0/s1. The molecule has 34 heavy (non-hydrogen) atoms. The maximum atomic E-state index is 11.9. The molecule has 10 atom stereocenters.